The van der Waals surface area contributed by atoms with Crippen LogP contribution in [0.2, 0.25) is 0 Å². The van der Waals surface area contributed by atoms with Crippen LogP contribution in [0.3, 0.4) is 0 Å². The third-order valence-corrected chi connectivity index (χ3v) is 3.68. The monoisotopic (exact) mass is 266 g/mol. The van der Waals surface area contributed by atoms with Crippen LogP contribution in [0.1, 0.15) is 23.6 Å². The third kappa shape index (κ3) is 2.42. The minimum absolute atomic E-state index is 0.554. The highest BCUT2D eigenvalue weighted by Crippen LogP contribution is 2.37. The second-order valence-electron chi connectivity index (χ2n) is 5.03. The van der Waals surface area contributed by atoms with Crippen molar-refractivity contribution in [2.75, 3.05) is 7.11 Å². The van der Waals surface area contributed by atoms with Gasteiger partial charge in [0, 0.05) is 0 Å². The molecule has 0 heterocycles. The number of methoxy groups -OCH3 is 1. The molecule has 0 N–H and O–H groups in total. The first-order valence-electron chi connectivity index (χ1n) is 6.82. The second kappa shape index (κ2) is 5.41. The molecule has 20 heavy (non-hydrogen) atoms. The van der Waals surface area contributed by atoms with Gasteiger partial charge in [-0.1, -0.05) is 36.4 Å². The molecular weight excluding hydrogens is 248 g/mol. The molecule has 3 rings (SSSR count). The Hall–Kier alpha value is -2.22. The molecule has 2 nitrogen and oxygen atoms in total. The van der Waals surface area contributed by atoms with Crippen molar-refractivity contribution in [3.63, 3.8) is 0 Å². The van der Waals surface area contributed by atoms with Crippen molar-refractivity contribution >= 4 is 5.57 Å². The van der Waals surface area contributed by atoms with Gasteiger partial charge in [0.25, 0.3) is 0 Å². The van der Waals surface area contributed by atoms with Gasteiger partial charge in [0.1, 0.15) is 6.61 Å². The standard InChI is InChI=1S/C18H18O2/c1-13-8-9-15-10-17(19-2)18(11-16(13)15)20-12-14-6-4-3-5-7-14/h3-8,10-11H,9,12H2,1-2H3. The molecule has 1 aliphatic carbocycles. The molecule has 0 radical (unpaired) electrons. The molecule has 0 atom stereocenters. The van der Waals surface area contributed by atoms with E-state index in [2.05, 4.69) is 37.3 Å². The van der Waals surface area contributed by atoms with Crippen LogP contribution in [0.4, 0.5) is 0 Å². The zero-order valence-electron chi connectivity index (χ0n) is 11.8. The zero-order chi connectivity index (χ0) is 13.9. The van der Waals surface area contributed by atoms with E-state index >= 15 is 0 Å². The number of hydrogen-bond acceptors (Lipinski definition) is 2. The van der Waals surface area contributed by atoms with E-state index < -0.39 is 0 Å². The third-order valence-electron chi connectivity index (χ3n) is 3.68. The van der Waals surface area contributed by atoms with Gasteiger partial charge in [0.15, 0.2) is 11.5 Å². The molecule has 0 amide bonds. The summed E-state index contributed by atoms with van der Waals surface area (Å²) in [4.78, 5) is 0. The average molecular weight is 266 g/mol. The summed E-state index contributed by atoms with van der Waals surface area (Å²) < 4.78 is 11.4. The van der Waals surface area contributed by atoms with Crippen LogP contribution in [-0.4, -0.2) is 7.11 Å². The number of rotatable bonds is 4. The van der Waals surface area contributed by atoms with Crippen LogP contribution in [-0.2, 0) is 13.0 Å². The highest BCUT2D eigenvalue weighted by molar-refractivity contribution is 5.74. The normalized spacial score (nSPS) is 12.8. The Balaban J connectivity index is 1.85. The molecule has 0 spiro atoms. The molecule has 0 saturated carbocycles. The number of hydrogen-bond donors (Lipinski definition) is 0. The summed E-state index contributed by atoms with van der Waals surface area (Å²) in [6, 6.07) is 14.3. The smallest absolute Gasteiger partial charge is 0.162 e. The van der Waals surface area contributed by atoms with Gasteiger partial charge in [-0.25, -0.2) is 0 Å². The van der Waals surface area contributed by atoms with Gasteiger partial charge < -0.3 is 9.47 Å². The van der Waals surface area contributed by atoms with Gasteiger partial charge in [-0.2, -0.15) is 0 Å². The van der Waals surface area contributed by atoms with Crippen molar-refractivity contribution in [3.05, 3.63) is 65.2 Å². The summed E-state index contributed by atoms with van der Waals surface area (Å²) in [7, 11) is 1.69. The molecule has 1 aliphatic rings. The zero-order valence-corrected chi connectivity index (χ0v) is 11.8. The fourth-order valence-electron chi connectivity index (χ4n) is 2.52. The number of allylic oxidation sites excluding steroid dienone is 2. The Labute approximate surface area is 119 Å². The molecule has 0 saturated heterocycles. The maximum absolute atomic E-state index is 5.94. The van der Waals surface area contributed by atoms with E-state index in [4.69, 9.17) is 9.47 Å². The topological polar surface area (TPSA) is 18.5 Å². The Bertz CT molecular complexity index is 642. The summed E-state index contributed by atoms with van der Waals surface area (Å²) in [6.07, 6.45) is 3.22. The maximum Gasteiger partial charge on any atom is 0.162 e. The number of fused-ring (bicyclic) bond motifs is 1. The van der Waals surface area contributed by atoms with E-state index in [1.165, 1.54) is 16.7 Å². The number of benzene rings is 2. The van der Waals surface area contributed by atoms with Crippen molar-refractivity contribution in [2.24, 2.45) is 0 Å². The molecule has 2 aromatic rings. The predicted octanol–water partition coefficient (Wildman–Crippen LogP) is 4.23. The highest BCUT2D eigenvalue weighted by Gasteiger charge is 2.16. The van der Waals surface area contributed by atoms with Crippen molar-refractivity contribution in [3.8, 4) is 11.5 Å². The molecule has 2 heteroatoms. The highest BCUT2D eigenvalue weighted by atomic mass is 16.5. The van der Waals surface area contributed by atoms with E-state index in [1.54, 1.807) is 7.11 Å². The molecule has 0 unspecified atom stereocenters. The van der Waals surface area contributed by atoms with Gasteiger partial charge in [-0.3, -0.25) is 0 Å². The van der Waals surface area contributed by atoms with Gasteiger partial charge in [-0.05, 0) is 47.7 Å². The molecule has 0 aliphatic heterocycles. The van der Waals surface area contributed by atoms with Crippen molar-refractivity contribution in [1.29, 1.82) is 0 Å². The van der Waals surface area contributed by atoms with Crippen molar-refractivity contribution < 1.29 is 9.47 Å². The van der Waals surface area contributed by atoms with Gasteiger partial charge in [0.05, 0.1) is 7.11 Å². The Morgan fingerprint density at radius 1 is 1.05 bits per heavy atom. The van der Waals surface area contributed by atoms with E-state index in [0.29, 0.717) is 6.61 Å². The Morgan fingerprint density at radius 2 is 1.85 bits per heavy atom. The first-order valence-corrected chi connectivity index (χ1v) is 6.82. The summed E-state index contributed by atoms with van der Waals surface area (Å²) >= 11 is 0. The quantitative estimate of drug-likeness (QED) is 0.824. The molecule has 2 aromatic carbocycles. The average Bonchev–Trinajstić information content (AvgIpc) is 2.86. The fourth-order valence-corrected chi connectivity index (χ4v) is 2.52. The molecule has 102 valence electrons. The lowest BCUT2D eigenvalue weighted by atomic mass is 10.1. The lowest BCUT2D eigenvalue weighted by Crippen LogP contribution is -1.99. The Kier molecular flexibility index (Phi) is 3.46. The number of ether oxygens (including phenoxy) is 2. The predicted molar refractivity (Wildman–Crippen MR) is 81.1 cm³/mol. The van der Waals surface area contributed by atoms with Gasteiger partial charge in [0.2, 0.25) is 0 Å². The molecule has 0 aromatic heterocycles. The lowest BCUT2D eigenvalue weighted by molar-refractivity contribution is 0.284. The summed E-state index contributed by atoms with van der Waals surface area (Å²) in [5.74, 6) is 1.62. The largest absolute Gasteiger partial charge is 0.493 e. The maximum atomic E-state index is 5.94. The van der Waals surface area contributed by atoms with Crippen molar-refractivity contribution in [1.82, 2.24) is 0 Å². The van der Waals surface area contributed by atoms with Crippen LogP contribution in [0.25, 0.3) is 5.57 Å². The fraction of sp³-hybridized carbons (Fsp3) is 0.222. The van der Waals surface area contributed by atoms with Crippen LogP contribution >= 0.6 is 0 Å². The lowest BCUT2D eigenvalue weighted by Gasteiger charge is -2.13. The van der Waals surface area contributed by atoms with E-state index in [-0.39, 0.29) is 0 Å². The van der Waals surface area contributed by atoms with E-state index in [9.17, 15) is 0 Å². The van der Waals surface area contributed by atoms with Gasteiger partial charge >= 0.3 is 0 Å². The van der Waals surface area contributed by atoms with Crippen LogP contribution in [0, 0.1) is 0 Å². The van der Waals surface area contributed by atoms with Crippen LogP contribution in [0.5, 0.6) is 11.5 Å². The molecule has 0 fully saturated rings. The van der Waals surface area contributed by atoms with Gasteiger partial charge in [-0.15, -0.1) is 0 Å². The second-order valence-corrected chi connectivity index (χ2v) is 5.03. The minimum Gasteiger partial charge on any atom is -0.493 e. The van der Waals surface area contributed by atoms with Crippen molar-refractivity contribution in [2.45, 2.75) is 20.0 Å². The molecular formula is C18H18O2. The summed E-state index contributed by atoms with van der Waals surface area (Å²) in [5, 5.41) is 0. The minimum atomic E-state index is 0.554. The van der Waals surface area contributed by atoms with Crippen LogP contribution < -0.4 is 9.47 Å². The Morgan fingerprint density at radius 3 is 2.60 bits per heavy atom. The first kappa shape index (κ1) is 12.8. The summed E-state index contributed by atoms with van der Waals surface area (Å²) in [6.45, 7) is 2.69. The SMILES string of the molecule is COc1cc2c(cc1OCc1ccccc1)C(C)=CC2. The van der Waals surface area contributed by atoms with Crippen LogP contribution in [0.15, 0.2) is 48.5 Å². The first-order chi connectivity index (χ1) is 9.78. The van der Waals surface area contributed by atoms with E-state index in [1.807, 2.05) is 18.2 Å². The summed E-state index contributed by atoms with van der Waals surface area (Å²) in [5.41, 5.74) is 5.05. The van der Waals surface area contributed by atoms with E-state index in [0.717, 1.165) is 23.5 Å². The molecule has 0 bridgehead atoms.